The van der Waals surface area contributed by atoms with Gasteiger partial charge in [-0.2, -0.15) is 0 Å². The number of hydrogen-bond acceptors (Lipinski definition) is 4. The summed E-state index contributed by atoms with van der Waals surface area (Å²) >= 11 is 5.86. The molecule has 0 saturated carbocycles. The number of hydrogen-bond donors (Lipinski definition) is 1. The predicted molar refractivity (Wildman–Crippen MR) is 103 cm³/mol. The zero-order valence-corrected chi connectivity index (χ0v) is 16.5. The molecule has 1 heterocycles. The molecule has 27 heavy (non-hydrogen) atoms. The van der Waals surface area contributed by atoms with Gasteiger partial charge in [0.2, 0.25) is 11.8 Å². The lowest BCUT2D eigenvalue weighted by molar-refractivity contribution is -0.146. The lowest BCUT2D eigenvalue weighted by Crippen LogP contribution is -2.46. The van der Waals surface area contributed by atoms with Crippen LogP contribution in [0.5, 0.6) is 0 Å². The van der Waals surface area contributed by atoms with E-state index in [0.717, 1.165) is 18.4 Å². The molecule has 1 saturated heterocycles. The van der Waals surface area contributed by atoms with E-state index in [-0.39, 0.29) is 36.7 Å². The highest BCUT2D eigenvalue weighted by molar-refractivity contribution is 6.30. The molecule has 0 radical (unpaired) electrons. The molecule has 6 nitrogen and oxygen atoms in total. The van der Waals surface area contributed by atoms with Gasteiger partial charge in [0.05, 0.1) is 13.0 Å². The zero-order valence-electron chi connectivity index (χ0n) is 15.7. The number of aryl methyl sites for hydroxylation is 1. The number of amides is 2. The molecule has 1 fully saturated rings. The van der Waals surface area contributed by atoms with E-state index in [1.54, 1.807) is 11.8 Å². The van der Waals surface area contributed by atoms with Gasteiger partial charge in [0.15, 0.2) is 0 Å². The molecule has 1 aromatic rings. The average Bonchev–Trinajstić information content (AvgIpc) is 2.66. The average molecular weight is 395 g/mol. The van der Waals surface area contributed by atoms with Gasteiger partial charge in [-0.15, -0.1) is 0 Å². The highest BCUT2D eigenvalue weighted by Crippen LogP contribution is 2.14. The summed E-state index contributed by atoms with van der Waals surface area (Å²) in [6, 6.07) is 7.59. The van der Waals surface area contributed by atoms with E-state index in [1.807, 2.05) is 24.3 Å². The Labute approximate surface area is 165 Å². The third-order valence-corrected chi connectivity index (χ3v) is 4.87. The number of piperidine rings is 1. The first-order valence-corrected chi connectivity index (χ1v) is 9.83. The summed E-state index contributed by atoms with van der Waals surface area (Å²) in [4.78, 5) is 37.4. The maximum Gasteiger partial charge on any atom is 0.306 e. The van der Waals surface area contributed by atoms with Crippen molar-refractivity contribution in [2.75, 3.05) is 19.7 Å². The predicted octanol–water partition coefficient (Wildman–Crippen LogP) is 2.72. The molecule has 1 aromatic carbocycles. The number of nitrogens with one attached hydrogen (secondary N) is 1. The van der Waals surface area contributed by atoms with E-state index in [1.165, 1.54) is 0 Å². The van der Waals surface area contributed by atoms with Gasteiger partial charge in [0.1, 0.15) is 0 Å². The second-order valence-electron chi connectivity index (χ2n) is 6.65. The minimum atomic E-state index is -0.339. The maximum atomic E-state index is 12.1. The molecule has 0 aliphatic carbocycles. The fraction of sp³-hybridized carbons (Fsp3) is 0.550. The number of esters is 1. The van der Waals surface area contributed by atoms with E-state index >= 15 is 0 Å². The van der Waals surface area contributed by atoms with Crippen molar-refractivity contribution in [2.45, 2.75) is 51.5 Å². The second kappa shape index (κ2) is 10.9. The summed E-state index contributed by atoms with van der Waals surface area (Å²) < 4.78 is 4.84. The molecule has 0 spiro atoms. The van der Waals surface area contributed by atoms with E-state index < -0.39 is 0 Å². The summed E-state index contributed by atoms with van der Waals surface area (Å²) in [6.45, 7) is 3.28. The molecule has 0 aromatic heterocycles. The fourth-order valence-electron chi connectivity index (χ4n) is 3.08. The zero-order chi connectivity index (χ0) is 19.6. The quantitative estimate of drug-likeness (QED) is 0.688. The highest BCUT2D eigenvalue weighted by atomic mass is 35.5. The van der Waals surface area contributed by atoms with Crippen molar-refractivity contribution in [1.29, 1.82) is 0 Å². The summed E-state index contributed by atoms with van der Waals surface area (Å²) in [7, 11) is 0. The van der Waals surface area contributed by atoms with Crippen LogP contribution < -0.4 is 5.32 Å². The topological polar surface area (TPSA) is 75.7 Å². The number of carbonyl (C=O) groups excluding carboxylic acids is 3. The lowest BCUT2D eigenvalue weighted by Gasteiger charge is -2.32. The van der Waals surface area contributed by atoms with Crippen LogP contribution in [0.3, 0.4) is 0 Å². The van der Waals surface area contributed by atoms with Crippen molar-refractivity contribution in [1.82, 2.24) is 10.2 Å². The molecule has 1 aliphatic rings. The number of nitrogens with zero attached hydrogens (tertiary/aromatic N) is 1. The van der Waals surface area contributed by atoms with Crippen LogP contribution in [0.4, 0.5) is 0 Å². The molecule has 7 heteroatoms. The molecule has 1 aliphatic heterocycles. The van der Waals surface area contributed by atoms with Gasteiger partial charge < -0.3 is 15.0 Å². The Morgan fingerprint density at radius 1 is 1.11 bits per heavy atom. The van der Waals surface area contributed by atoms with Gasteiger partial charge in [-0.25, -0.2) is 0 Å². The van der Waals surface area contributed by atoms with E-state index in [4.69, 9.17) is 16.3 Å². The van der Waals surface area contributed by atoms with E-state index in [0.29, 0.717) is 37.6 Å². The van der Waals surface area contributed by atoms with Crippen LogP contribution in [-0.2, 0) is 25.5 Å². The van der Waals surface area contributed by atoms with Crippen molar-refractivity contribution in [3.05, 3.63) is 34.9 Å². The van der Waals surface area contributed by atoms with Crippen LogP contribution in [0, 0.1) is 0 Å². The lowest BCUT2D eigenvalue weighted by atomic mass is 10.0. The summed E-state index contributed by atoms with van der Waals surface area (Å²) in [5, 5.41) is 3.74. The summed E-state index contributed by atoms with van der Waals surface area (Å²) in [6.07, 6.45) is 2.87. The van der Waals surface area contributed by atoms with Gasteiger partial charge in [-0.1, -0.05) is 23.7 Å². The monoisotopic (exact) mass is 394 g/mol. The Kier molecular flexibility index (Phi) is 8.58. The molecular weight excluding hydrogens is 368 g/mol. The minimum absolute atomic E-state index is 0.0250. The Morgan fingerprint density at radius 2 is 1.78 bits per heavy atom. The number of likely N-dealkylation sites (tertiary alicyclic amines) is 1. The van der Waals surface area contributed by atoms with Crippen molar-refractivity contribution in [3.8, 4) is 0 Å². The Hall–Kier alpha value is -2.08. The van der Waals surface area contributed by atoms with Crippen LogP contribution in [0.1, 0.15) is 44.6 Å². The first kappa shape index (κ1) is 21.2. The molecule has 0 unspecified atom stereocenters. The second-order valence-corrected chi connectivity index (χ2v) is 7.09. The number of halogens is 1. The number of ether oxygens (including phenoxy) is 1. The SMILES string of the molecule is CCOC(=O)CCC(=O)N1CCC(NC(=O)CCc2ccc(Cl)cc2)CC1. The third-order valence-electron chi connectivity index (χ3n) is 4.62. The third kappa shape index (κ3) is 7.59. The van der Waals surface area contributed by atoms with E-state index in [9.17, 15) is 14.4 Å². The number of benzene rings is 1. The van der Waals surface area contributed by atoms with Crippen LogP contribution in [-0.4, -0.2) is 48.4 Å². The van der Waals surface area contributed by atoms with Crippen LogP contribution >= 0.6 is 11.6 Å². The maximum absolute atomic E-state index is 12.1. The van der Waals surface area contributed by atoms with Gasteiger partial charge >= 0.3 is 5.97 Å². The normalized spacial score (nSPS) is 14.7. The number of carbonyl (C=O) groups is 3. The highest BCUT2D eigenvalue weighted by Gasteiger charge is 2.24. The van der Waals surface area contributed by atoms with Gasteiger partial charge in [0.25, 0.3) is 0 Å². The standard InChI is InChI=1S/C20H27ClN2O4/c1-2-27-20(26)10-9-19(25)23-13-11-17(12-14-23)22-18(24)8-5-15-3-6-16(21)7-4-15/h3-4,6-7,17H,2,5,8-14H2,1H3,(H,22,24). The van der Waals surface area contributed by atoms with Crippen molar-refractivity contribution in [2.24, 2.45) is 0 Å². The Balaban J connectivity index is 1.64. The van der Waals surface area contributed by atoms with E-state index in [2.05, 4.69) is 5.32 Å². The van der Waals surface area contributed by atoms with Gasteiger partial charge in [-0.3, -0.25) is 14.4 Å². The number of rotatable bonds is 8. The van der Waals surface area contributed by atoms with Crippen LogP contribution in [0.15, 0.2) is 24.3 Å². The first-order chi connectivity index (χ1) is 13.0. The Morgan fingerprint density at radius 3 is 2.41 bits per heavy atom. The molecule has 2 rings (SSSR count). The molecular formula is C20H27ClN2O4. The molecule has 0 bridgehead atoms. The molecule has 0 atom stereocenters. The van der Waals surface area contributed by atoms with Gasteiger partial charge in [0, 0.05) is 37.0 Å². The van der Waals surface area contributed by atoms with Crippen LogP contribution in [0.2, 0.25) is 5.02 Å². The smallest absolute Gasteiger partial charge is 0.306 e. The van der Waals surface area contributed by atoms with Crippen molar-refractivity contribution < 1.29 is 19.1 Å². The van der Waals surface area contributed by atoms with Crippen molar-refractivity contribution in [3.63, 3.8) is 0 Å². The fourth-order valence-corrected chi connectivity index (χ4v) is 3.21. The summed E-state index contributed by atoms with van der Waals surface area (Å²) in [5.74, 6) is -0.346. The van der Waals surface area contributed by atoms with Gasteiger partial charge in [-0.05, 0) is 43.9 Å². The van der Waals surface area contributed by atoms with Crippen molar-refractivity contribution >= 4 is 29.4 Å². The van der Waals surface area contributed by atoms with Crippen LogP contribution in [0.25, 0.3) is 0 Å². The molecule has 2 amide bonds. The first-order valence-electron chi connectivity index (χ1n) is 9.45. The minimum Gasteiger partial charge on any atom is -0.466 e. The largest absolute Gasteiger partial charge is 0.466 e. The molecule has 148 valence electrons. The molecule has 1 N–H and O–H groups in total. The summed E-state index contributed by atoms with van der Waals surface area (Å²) in [5.41, 5.74) is 1.08. The Bertz CT molecular complexity index is 640.